The van der Waals surface area contributed by atoms with Crippen molar-refractivity contribution >= 4 is 34.0 Å². The molecule has 4 heterocycles. The van der Waals surface area contributed by atoms with Crippen LogP contribution in [0.3, 0.4) is 0 Å². The molecule has 0 aliphatic carbocycles. The first-order chi connectivity index (χ1) is 11.4. The van der Waals surface area contributed by atoms with Gasteiger partial charge in [-0.2, -0.15) is 5.10 Å². The van der Waals surface area contributed by atoms with Gasteiger partial charge in [0, 0.05) is 13.1 Å². The van der Waals surface area contributed by atoms with E-state index in [0.29, 0.717) is 0 Å². The molecule has 0 atom stereocenters. The van der Waals surface area contributed by atoms with Gasteiger partial charge in [0.25, 0.3) is 0 Å². The smallest absolute Gasteiger partial charge is 0.186 e. The molecule has 1 aliphatic rings. The fourth-order valence-corrected chi connectivity index (χ4v) is 4.38. The van der Waals surface area contributed by atoms with E-state index >= 15 is 0 Å². The standard InChI is InChI=1S/C15H16N6S2/c1-2-6-20(7-3-1)15-19-14(12-5-4-8-22-12)13(23-15)9-18-21-10-16-17-11-21/h4-5,8-11H,1-3,6-7H2/b18-9-. The molecule has 0 bridgehead atoms. The maximum absolute atomic E-state index is 4.90. The van der Waals surface area contributed by atoms with Crippen molar-refractivity contribution in [1.29, 1.82) is 0 Å². The first-order valence-corrected chi connectivity index (χ1v) is 9.28. The molecule has 6 nitrogen and oxygen atoms in total. The van der Waals surface area contributed by atoms with Gasteiger partial charge in [-0.05, 0) is 30.7 Å². The van der Waals surface area contributed by atoms with Crippen molar-refractivity contribution in [1.82, 2.24) is 19.9 Å². The zero-order chi connectivity index (χ0) is 15.5. The first-order valence-electron chi connectivity index (χ1n) is 7.59. The molecule has 0 spiro atoms. The van der Waals surface area contributed by atoms with Crippen LogP contribution in [0.15, 0.2) is 35.3 Å². The lowest BCUT2D eigenvalue weighted by molar-refractivity contribution is 0.577. The number of piperidine rings is 1. The Bertz CT molecular complexity index is 769. The zero-order valence-electron chi connectivity index (χ0n) is 12.5. The Morgan fingerprint density at radius 3 is 2.70 bits per heavy atom. The van der Waals surface area contributed by atoms with Crippen molar-refractivity contribution in [3.8, 4) is 10.6 Å². The van der Waals surface area contributed by atoms with E-state index in [0.717, 1.165) is 28.8 Å². The van der Waals surface area contributed by atoms with Crippen LogP contribution >= 0.6 is 22.7 Å². The third-order valence-corrected chi connectivity index (χ3v) is 5.67. The molecule has 0 radical (unpaired) electrons. The second-order valence-corrected chi connectivity index (χ2v) is 7.28. The molecule has 3 aromatic heterocycles. The van der Waals surface area contributed by atoms with Crippen molar-refractivity contribution in [2.75, 3.05) is 18.0 Å². The van der Waals surface area contributed by atoms with Gasteiger partial charge in [-0.15, -0.1) is 21.5 Å². The quantitative estimate of drug-likeness (QED) is 0.681. The van der Waals surface area contributed by atoms with Crippen LogP contribution in [0.25, 0.3) is 10.6 Å². The summed E-state index contributed by atoms with van der Waals surface area (Å²) in [6.45, 7) is 2.19. The maximum Gasteiger partial charge on any atom is 0.186 e. The normalized spacial score (nSPS) is 15.6. The van der Waals surface area contributed by atoms with Gasteiger partial charge in [-0.1, -0.05) is 17.4 Å². The van der Waals surface area contributed by atoms with Crippen LogP contribution in [0.5, 0.6) is 0 Å². The van der Waals surface area contributed by atoms with Crippen molar-refractivity contribution in [2.24, 2.45) is 5.10 Å². The molecule has 0 N–H and O–H groups in total. The SMILES string of the molecule is C(=N/n1cnnc1)/c1sc(N2CCCCC2)nc1-c1cccs1. The van der Waals surface area contributed by atoms with Crippen molar-refractivity contribution in [3.63, 3.8) is 0 Å². The van der Waals surface area contributed by atoms with Crippen LogP contribution in [0.2, 0.25) is 0 Å². The van der Waals surface area contributed by atoms with E-state index in [9.17, 15) is 0 Å². The van der Waals surface area contributed by atoms with E-state index in [1.165, 1.54) is 24.1 Å². The minimum Gasteiger partial charge on any atom is -0.348 e. The van der Waals surface area contributed by atoms with E-state index in [4.69, 9.17) is 4.98 Å². The molecular formula is C15H16N6S2. The lowest BCUT2D eigenvalue weighted by Crippen LogP contribution is -2.29. The number of nitrogens with zero attached hydrogens (tertiary/aromatic N) is 6. The lowest BCUT2D eigenvalue weighted by atomic mass is 10.1. The molecule has 0 unspecified atom stereocenters. The zero-order valence-corrected chi connectivity index (χ0v) is 14.1. The summed E-state index contributed by atoms with van der Waals surface area (Å²) in [6, 6.07) is 4.16. The summed E-state index contributed by atoms with van der Waals surface area (Å²) in [5.74, 6) is 0. The molecule has 118 valence electrons. The Labute approximate surface area is 142 Å². The minimum atomic E-state index is 1.02. The van der Waals surface area contributed by atoms with Gasteiger partial charge in [-0.25, -0.2) is 9.66 Å². The fourth-order valence-electron chi connectivity index (χ4n) is 2.59. The van der Waals surface area contributed by atoms with E-state index in [1.54, 1.807) is 40.0 Å². The Balaban J connectivity index is 1.69. The van der Waals surface area contributed by atoms with Gasteiger partial charge in [0.1, 0.15) is 18.3 Å². The Kier molecular flexibility index (Phi) is 4.16. The Hall–Kier alpha value is -2.06. The van der Waals surface area contributed by atoms with Crippen LogP contribution in [0.1, 0.15) is 24.1 Å². The highest BCUT2D eigenvalue weighted by Gasteiger charge is 2.19. The minimum absolute atomic E-state index is 1.02. The van der Waals surface area contributed by atoms with E-state index in [2.05, 4.69) is 37.7 Å². The number of anilines is 1. The molecule has 0 amide bonds. The highest BCUT2D eigenvalue weighted by Crippen LogP contribution is 2.35. The fraction of sp³-hybridized carbons (Fsp3) is 0.333. The third kappa shape index (κ3) is 3.18. The van der Waals surface area contributed by atoms with Gasteiger partial charge < -0.3 is 4.90 Å². The van der Waals surface area contributed by atoms with Gasteiger partial charge >= 0.3 is 0 Å². The largest absolute Gasteiger partial charge is 0.348 e. The molecule has 8 heteroatoms. The molecule has 0 aromatic carbocycles. The Morgan fingerprint density at radius 2 is 1.96 bits per heavy atom. The van der Waals surface area contributed by atoms with Crippen LogP contribution in [0.4, 0.5) is 5.13 Å². The molecule has 1 aliphatic heterocycles. The van der Waals surface area contributed by atoms with Crippen molar-refractivity contribution in [2.45, 2.75) is 19.3 Å². The second-order valence-electron chi connectivity index (χ2n) is 5.32. The predicted molar refractivity (Wildman–Crippen MR) is 94.5 cm³/mol. The molecule has 1 saturated heterocycles. The van der Waals surface area contributed by atoms with Crippen molar-refractivity contribution in [3.05, 3.63) is 35.0 Å². The summed E-state index contributed by atoms with van der Waals surface area (Å²) in [5.41, 5.74) is 1.02. The molecule has 0 saturated carbocycles. The first kappa shape index (κ1) is 14.5. The summed E-state index contributed by atoms with van der Waals surface area (Å²) in [5, 5.41) is 15.1. The van der Waals surface area contributed by atoms with Crippen molar-refractivity contribution < 1.29 is 0 Å². The molecule has 23 heavy (non-hydrogen) atoms. The average Bonchev–Trinajstić information content (AvgIpc) is 3.33. The molecule has 4 rings (SSSR count). The predicted octanol–water partition coefficient (Wildman–Crippen LogP) is 3.34. The van der Waals surface area contributed by atoms with E-state index in [1.807, 2.05) is 6.21 Å². The van der Waals surface area contributed by atoms with E-state index in [-0.39, 0.29) is 0 Å². The number of rotatable bonds is 4. The summed E-state index contributed by atoms with van der Waals surface area (Å²) in [6.07, 6.45) is 8.82. The maximum atomic E-state index is 4.90. The van der Waals surface area contributed by atoms with Gasteiger partial charge in [0.05, 0.1) is 16.0 Å². The topological polar surface area (TPSA) is 59.2 Å². The van der Waals surface area contributed by atoms with Gasteiger partial charge in [-0.3, -0.25) is 0 Å². The summed E-state index contributed by atoms with van der Waals surface area (Å²) >= 11 is 3.41. The number of hydrogen-bond donors (Lipinski definition) is 0. The number of hydrogen-bond acceptors (Lipinski definition) is 7. The molecule has 1 fully saturated rings. The summed E-state index contributed by atoms with van der Waals surface area (Å²) < 4.78 is 1.60. The highest BCUT2D eigenvalue weighted by atomic mass is 32.1. The lowest BCUT2D eigenvalue weighted by Gasteiger charge is -2.25. The monoisotopic (exact) mass is 344 g/mol. The van der Waals surface area contributed by atoms with E-state index < -0.39 is 0 Å². The van der Waals surface area contributed by atoms with Gasteiger partial charge in [0.2, 0.25) is 0 Å². The molecular weight excluding hydrogens is 328 g/mol. The van der Waals surface area contributed by atoms with Crippen LogP contribution in [0, 0.1) is 0 Å². The van der Waals surface area contributed by atoms with Crippen LogP contribution < -0.4 is 4.90 Å². The van der Waals surface area contributed by atoms with Gasteiger partial charge in [0.15, 0.2) is 5.13 Å². The third-order valence-electron chi connectivity index (χ3n) is 3.74. The second kappa shape index (κ2) is 6.59. The van der Waals surface area contributed by atoms with Crippen LogP contribution in [-0.4, -0.2) is 39.2 Å². The van der Waals surface area contributed by atoms with Crippen LogP contribution in [-0.2, 0) is 0 Å². The summed E-state index contributed by atoms with van der Waals surface area (Å²) in [7, 11) is 0. The number of aromatic nitrogens is 4. The molecule has 3 aromatic rings. The number of thiophene rings is 1. The average molecular weight is 344 g/mol. The number of thiazole rings is 1. The highest BCUT2D eigenvalue weighted by molar-refractivity contribution is 7.18. The summed E-state index contributed by atoms with van der Waals surface area (Å²) in [4.78, 5) is 9.54. The Morgan fingerprint density at radius 1 is 1.13 bits per heavy atom.